The summed E-state index contributed by atoms with van der Waals surface area (Å²) in [6.07, 6.45) is 0. The van der Waals surface area contributed by atoms with E-state index in [1.165, 1.54) is 0 Å². The summed E-state index contributed by atoms with van der Waals surface area (Å²) in [5.41, 5.74) is 3.15. The van der Waals surface area contributed by atoms with Gasteiger partial charge in [-0.15, -0.1) is 0 Å². The van der Waals surface area contributed by atoms with E-state index in [9.17, 15) is 19.2 Å². The number of nitrogens with zero attached hydrogens (tertiary/aromatic N) is 2. The van der Waals surface area contributed by atoms with E-state index in [2.05, 4.69) is 0 Å². The van der Waals surface area contributed by atoms with Crippen molar-refractivity contribution in [3.63, 3.8) is 0 Å². The average Bonchev–Trinajstić information content (AvgIpc) is 2.99. The first-order valence-electron chi connectivity index (χ1n) is 13.1. The number of benzene rings is 4. The highest BCUT2D eigenvalue weighted by atomic mass is 16.5. The molecule has 8 heteroatoms. The van der Waals surface area contributed by atoms with Crippen LogP contribution >= 0.6 is 0 Å². The van der Waals surface area contributed by atoms with Gasteiger partial charge in [-0.25, -0.2) is 0 Å². The summed E-state index contributed by atoms with van der Waals surface area (Å²) < 4.78 is 11.4. The van der Waals surface area contributed by atoms with Crippen molar-refractivity contribution in [2.24, 2.45) is 0 Å². The van der Waals surface area contributed by atoms with Gasteiger partial charge in [0.25, 0.3) is 23.6 Å². The van der Waals surface area contributed by atoms with E-state index >= 15 is 0 Å². The molecule has 0 aromatic heterocycles. The van der Waals surface area contributed by atoms with Crippen molar-refractivity contribution in [1.29, 1.82) is 0 Å². The first-order chi connectivity index (χ1) is 19.5. The molecule has 0 aliphatic carbocycles. The smallest absolute Gasteiger partial charge is 0.261 e. The fourth-order valence-electron chi connectivity index (χ4n) is 5.22. The van der Waals surface area contributed by atoms with E-state index in [1.54, 1.807) is 24.3 Å². The SMILES string of the molecule is O=C1c2ccc3c4c(ccc(c24)C(=O)N1CCOCc1ccccc1)C(=O)N(CCOCc1ccccc1)C3=O. The summed E-state index contributed by atoms with van der Waals surface area (Å²) in [5.74, 6) is -1.88. The fraction of sp³-hybridized carbons (Fsp3) is 0.188. The maximum Gasteiger partial charge on any atom is 0.261 e. The van der Waals surface area contributed by atoms with Gasteiger partial charge in [0.15, 0.2) is 0 Å². The zero-order valence-electron chi connectivity index (χ0n) is 21.7. The Bertz CT molecular complexity index is 1440. The zero-order valence-corrected chi connectivity index (χ0v) is 21.7. The standard InChI is InChI=1S/C32H26N2O6/c35-29-23-11-13-25-28-26(32(38)34(31(25)37)16-18-40-20-22-9-5-2-6-10-22)14-12-24(27(23)28)30(36)33(29)15-17-39-19-21-7-3-1-4-8-21/h1-14H,15-20H2. The minimum atomic E-state index is -0.471. The highest BCUT2D eigenvalue weighted by Gasteiger charge is 2.39. The topological polar surface area (TPSA) is 93.2 Å². The summed E-state index contributed by atoms with van der Waals surface area (Å²) in [7, 11) is 0. The second-order valence-corrected chi connectivity index (χ2v) is 9.67. The number of ether oxygens (including phenoxy) is 2. The summed E-state index contributed by atoms with van der Waals surface area (Å²) in [6, 6.07) is 25.5. The second-order valence-electron chi connectivity index (χ2n) is 9.67. The Kier molecular flexibility index (Phi) is 6.94. The lowest BCUT2D eigenvalue weighted by Gasteiger charge is -2.31. The lowest BCUT2D eigenvalue weighted by molar-refractivity contribution is 0.0488. The minimum absolute atomic E-state index is 0.0869. The third kappa shape index (κ3) is 4.57. The molecule has 2 aliphatic rings. The molecule has 4 amide bonds. The predicted octanol–water partition coefficient (Wildman–Crippen LogP) is 4.47. The van der Waals surface area contributed by atoms with Gasteiger partial charge >= 0.3 is 0 Å². The molecule has 0 bridgehead atoms. The minimum Gasteiger partial charge on any atom is -0.375 e. The number of amides is 4. The zero-order chi connectivity index (χ0) is 27.6. The average molecular weight is 535 g/mol. The Morgan fingerprint density at radius 3 is 1.10 bits per heavy atom. The molecule has 0 unspecified atom stereocenters. The van der Waals surface area contributed by atoms with Crippen LogP contribution in [0.2, 0.25) is 0 Å². The summed E-state index contributed by atoms with van der Waals surface area (Å²) in [6.45, 7) is 1.27. The normalized spacial score (nSPS) is 14.4. The van der Waals surface area contributed by atoms with Crippen molar-refractivity contribution in [1.82, 2.24) is 9.80 Å². The molecule has 6 rings (SSSR count). The number of rotatable bonds is 10. The van der Waals surface area contributed by atoms with Gasteiger partial charge in [-0.2, -0.15) is 0 Å². The fourth-order valence-corrected chi connectivity index (χ4v) is 5.22. The molecule has 0 fully saturated rings. The molecule has 4 aromatic rings. The Balaban J connectivity index is 1.19. The molecule has 0 atom stereocenters. The van der Waals surface area contributed by atoms with Crippen LogP contribution in [-0.2, 0) is 22.7 Å². The maximum absolute atomic E-state index is 13.4. The van der Waals surface area contributed by atoms with Crippen LogP contribution in [0.4, 0.5) is 0 Å². The van der Waals surface area contributed by atoms with Crippen LogP contribution in [0.3, 0.4) is 0 Å². The van der Waals surface area contributed by atoms with Gasteiger partial charge in [0.1, 0.15) is 0 Å². The first kappa shape index (κ1) is 25.6. The highest BCUT2D eigenvalue weighted by Crippen LogP contribution is 2.37. The Morgan fingerprint density at radius 1 is 0.450 bits per heavy atom. The van der Waals surface area contributed by atoms with Gasteiger partial charge in [-0.05, 0) is 35.4 Å². The molecule has 200 valence electrons. The molecule has 0 saturated heterocycles. The number of imide groups is 2. The van der Waals surface area contributed by atoms with Crippen LogP contribution in [0.25, 0.3) is 10.8 Å². The third-order valence-corrected chi connectivity index (χ3v) is 7.20. The van der Waals surface area contributed by atoms with Gasteiger partial charge in [0, 0.05) is 33.0 Å². The molecule has 40 heavy (non-hydrogen) atoms. The van der Waals surface area contributed by atoms with E-state index in [-0.39, 0.29) is 26.3 Å². The Labute approximate surface area is 230 Å². The molecule has 0 spiro atoms. The molecule has 2 heterocycles. The van der Waals surface area contributed by atoms with Gasteiger partial charge in [-0.3, -0.25) is 29.0 Å². The van der Waals surface area contributed by atoms with Gasteiger partial charge in [-0.1, -0.05) is 60.7 Å². The van der Waals surface area contributed by atoms with Gasteiger partial charge < -0.3 is 9.47 Å². The van der Waals surface area contributed by atoms with Crippen molar-refractivity contribution in [3.8, 4) is 0 Å². The molecule has 0 saturated carbocycles. The number of hydrogen-bond acceptors (Lipinski definition) is 6. The first-order valence-corrected chi connectivity index (χ1v) is 13.1. The van der Waals surface area contributed by atoms with Gasteiger partial charge in [0.05, 0.1) is 39.5 Å². The van der Waals surface area contributed by atoms with Crippen molar-refractivity contribution in [3.05, 3.63) is 118 Å². The van der Waals surface area contributed by atoms with E-state index in [0.717, 1.165) is 20.9 Å². The predicted molar refractivity (Wildman–Crippen MR) is 147 cm³/mol. The molecule has 4 aromatic carbocycles. The summed E-state index contributed by atoms with van der Waals surface area (Å²) >= 11 is 0. The number of hydrogen-bond donors (Lipinski definition) is 0. The molecule has 2 aliphatic heterocycles. The molecule has 0 N–H and O–H groups in total. The van der Waals surface area contributed by atoms with Crippen LogP contribution in [0.15, 0.2) is 84.9 Å². The lowest BCUT2D eigenvalue weighted by Crippen LogP contribution is -2.44. The van der Waals surface area contributed by atoms with Crippen LogP contribution in [0, 0.1) is 0 Å². The molecule has 0 radical (unpaired) electrons. The molecule has 8 nitrogen and oxygen atoms in total. The van der Waals surface area contributed by atoms with E-state index in [4.69, 9.17) is 9.47 Å². The van der Waals surface area contributed by atoms with Crippen LogP contribution in [0.1, 0.15) is 52.6 Å². The van der Waals surface area contributed by atoms with Crippen LogP contribution in [-0.4, -0.2) is 59.7 Å². The molecular formula is C32H26N2O6. The van der Waals surface area contributed by atoms with E-state index in [0.29, 0.717) is 46.2 Å². The van der Waals surface area contributed by atoms with Crippen molar-refractivity contribution < 1.29 is 28.7 Å². The maximum atomic E-state index is 13.4. The van der Waals surface area contributed by atoms with E-state index in [1.807, 2.05) is 60.7 Å². The van der Waals surface area contributed by atoms with Gasteiger partial charge in [0.2, 0.25) is 0 Å². The van der Waals surface area contributed by atoms with Crippen molar-refractivity contribution >= 4 is 34.4 Å². The quantitative estimate of drug-likeness (QED) is 0.220. The monoisotopic (exact) mass is 534 g/mol. The van der Waals surface area contributed by atoms with Crippen molar-refractivity contribution in [2.45, 2.75) is 13.2 Å². The van der Waals surface area contributed by atoms with E-state index < -0.39 is 23.6 Å². The van der Waals surface area contributed by atoms with Crippen molar-refractivity contribution in [2.75, 3.05) is 26.3 Å². The Morgan fingerprint density at radius 2 is 0.775 bits per heavy atom. The summed E-state index contributed by atoms with van der Waals surface area (Å²) in [5, 5.41) is 0.710. The Hall–Kier alpha value is -4.66. The highest BCUT2D eigenvalue weighted by molar-refractivity contribution is 6.33. The third-order valence-electron chi connectivity index (χ3n) is 7.20. The summed E-state index contributed by atoms with van der Waals surface area (Å²) in [4.78, 5) is 55.8. The molecular weight excluding hydrogens is 508 g/mol. The number of carbonyl (C=O) groups excluding carboxylic acids is 4. The van der Waals surface area contributed by atoms with Crippen LogP contribution < -0.4 is 0 Å². The largest absolute Gasteiger partial charge is 0.375 e. The lowest BCUT2D eigenvalue weighted by atomic mass is 9.86. The number of carbonyl (C=O) groups is 4. The second kappa shape index (κ2) is 10.8. The van der Waals surface area contributed by atoms with Crippen LogP contribution in [0.5, 0.6) is 0 Å².